The molecule has 4 nitrogen and oxygen atoms in total. The van der Waals surface area contributed by atoms with Crippen molar-refractivity contribution in [2.75, 3.05) is 11.4 Å². The summed E-state index contributed by atoms with van der Waals surface area (Å²) in [6.45, 7) is 0.0624. The molecule has 0 saturated heterocycles. The van der Waals surface area contributed by atoms with Crippen molar-refractivity contribution in [2.24, 2.45) is 0 Å². The van der Waals surface area contributed by atoms with Gasteiger partial charge in [0.25, 0.3) is 0 Å². The minimum atomic E-state index is -0.981. The first-order chi connectivity index (χ1) is 8.65. The number of carboxylic acids is 1. The van der Waals surface area contributed by atoms with Crippen LogP contribution >= 0.6 is 0 Å². The van der Waals surface area contributed by atoms with Crippen LogP contribution in [0.5, 0.6) is 0 Å². The molecule has 0 amide bonds. The van der Waals surface area contributed by atoms with Crippen LogP contribution in [0, 0.1) is 5.82 Å². The molecular formula is C13H12FNO3. The molecule has 0 spiro atoms. The Balaban J connectivity index is 2.21. The molecule has 94 valence electrons. The number of benzene rings is 1. The summed E-state index contributed by atoms with van der Waals surface area (Å²) >= 11 is 0. The SMILES string of the molecule is O=C(O)CN(Cc1ccco1)c1cccc(F)c1. The Morgan fingerprint density at radius 3 is 2.78 bits per heavy atom. The normalized spacial score (nSPS) is 10.3. The predicted octanol–water partition coefficient (Wildman–Crippen LogP) is 2.51. The van der Waals surface area contributed by atoms with Crippen LogP contribution in [0.4, 0.5) is 10.1 Å². The van der Waals surface area contributed by atoms with Crippen LogP contribution in [-0.4, -0.2) is 17.6 Å². The maximum Gasteiger partial charge on any atom is 0.323 e. The molecule has 0 aliphatic heterocycles. The minimum Gasteiger partial charge on any atom is -0.480 e. The second-order valence-electron chi connectivity index (χ2n) is 3.81. The summed E-state index contributed by atoms with van der Waals surface area (Å²) in [5, 5.41) is 8.88. The summed E-state index contributed by atoms with van der Waals surface area (Å²) in [4.78, 5) is 12.4. The Kier molecular flexibility index (Phi) is 3.62. The highest BCUT2D eigenvalue weighted by atomic mass is 19.1. The molecule has 5 heteroatoms. The van der Waals surface area contributed by atoms with Gasteiger partial charge in [-0.05, 0) is 30.3 Å². The van der Waals surface area contributed by atoms with Gasteiger partial charge < -0.3 is 14.4 Å². The molecule has 0 saturated carbocycles. The number of halogens is 1. The molecule has 0 fully saturated rings. The molecule has 0 radical (unpaired) electrons. The highest BCUT2D eigenvalue weighted by Crippen LogP contribution is 2.18. The minimum absolute atomic E-state index is 0.218. The fourth-order valence-corrected chi connectivity index (χ4v) is 1.67. The lowest BCUT2D eigenvalue weighted by Gasteiger charge is -2.21. The Hall–Kier alpha value is -2.30. The Labute approximate surface area is 103 Å². The molecule has 0 aliphatic rings. The first kappa shape index (κ1) is 12.2. The van der Waals surface area contributed by atoms with Crippen LogP contribution in [0.2, 0.25) is 0 Å². The number of hydrogen-bond acceptors (Lipinski definition) is 3. The summed E-state index contributed by atoms with van der Waals surface area (Å²) in [6, 6.07) is 9.28. The van der Waals surface area contributed by atoms with E-state index in [1.54, 1.807) is 24.3 Å². The van der Waals surface area contributed by atoms with Crippen LogP contribution in [0.15, 0.2) is 47.1 Å². The topological polar surface area (TPSA) is 53.7 Å². The van der Waals surface area contributed by atoms with E-state index in [-0.39, 0.29) is 13.1 Å². The molecule has 2 aromatic rings. The average molecular weight is 249 g/mol. The monoisotopic (exact) mass is 249 g/mol. The largest absolute Gasteiger partial charge is 0.480 e. The van der Waals surface area contributed by atoms with E-state index in [1.807, 2.05) is 0 Å². The Morgan fingerprint density at radius 2 is 2.17 bits per heavy atom. The van der Waals surface area contributed by atoms with Gasteiger partial charge >= 0.3 is 5.97 Å². The summed E-state index contributed by atoms with van der Waals surface area (Å²) in [5.41, 5.74) is 0.508. The third kappa shape index (κ3) is 3.10. The van der Waals surface area contributed by atoms with Crippen LogP contribution in [0.1, 0.15) is 5.76 Å². The number of hydrogen-bond donors (Lipinski definition) is 1. The zero-order valence-electron chi connectivity index (χ0n) is 9.54. The Morgan fingerprint density at radius 1 is 1.33 bits per heavy atom. The van der Waals surface area contributed by atoms with E-state index in [0.717, 1.165) is 0 Å². The van der Waals surface area contributed by atoms with Gasteiger partial charge in [-0.1, -0.05) is 6.07 Å². The quantitative estimate of drug-likeness (QED) is 0.884. The van der Waals surface area contributed by atoms with E-state index in [1.165, 1.54) is 23.3 Å². The maximum atomic E-state index is 13.1. The van der Waals surface area contributed by atoms with Crippen molar-refractivity contribution >= 4 is 11.7 Å². The van der Waals surface area contributed by atoms with Crippen LogP contribution in [0.25, 0.3) is 0 Å². The van der Waals surface area contributed by atoms with Crippen molar-refractivity contribution in [2.45, 2.75) is 6.54 Å². The zero-order chi connectivity index (χ0) is 13.0. The molecule has 18 heavy (non-hydrogen) atoms. The van der Waals surface area contributed by atoms with Gasteiger partial charge in [-0.15, -0.1) is 0 Å². The molecule has 0 bridgehead atoms. The van der Waals surface area contributed by atoms with Crippen LogP contribution in [-0.2, 0) is 11.3 Å². The highest BCUT2D eigenvalue weighted by Gasteiger charge is 2.13. The van der Waals surface area contributed by atoms with Crippen molar-refractivity contribution in [3.63, 3.8) is 0 Å². The summed E-state index contributed by atoms with van der Waals surface area (Å²) in [5.74, 6) is -0.756. The van der Waals surface area contributed by atoms with E-state index in [2.05, 4.69) is 0 Å². The van der Waals surface area contributed by atoms with Crippen LogP contribution < -0.4 is 4.90 Å². The lowest BCUT2D eigenvalue weighted by atomic mass is 10.2. The summed E-state index contributed by atoms with van der Waals surface area (Å²) < 4.78 is 18.3. The first-order valence-corrected chi connectivity index (χ1v) is 5.40. The lowest BCUT2D eigenvalue weighted by Crippen LogP contribution is -2.29. The number of nitrogens with zero attached hydrogens (tertiary/aromatic N) is 1. The van der Waals surface area contributed by atoms with Gasteiger partial charge in [0.15, 0.2) is 0 Å². The summed E-state index contributed by atoms with van der Waals surface area (Å²) in [7, 11) is 0. The molecule has 1 N–H and O–H groups in total. The van der Waals surface area contributed by atoms with Crippen molar-refractivity contribution < 1.29 is 18.7 Å². The smallest absolute Gasteiger partial charge is 0.323 e. The number of rotatable bonds is 5. The van der Waals surface area contributed by atoms with E-state index >= 15 is 0 Å². The van der Waals surface area contributed by atoms with Gasteiger partial charge in [0.05, 0.1) is 12.8 Å². The first-order valence-electron chi connectivity index (χ1n) is 5.40. The van der Waals surface area contributed by atoms with Crippen molar-refractivity contribution in [1.82, 2.24) is 0 Å². The number of furan rings is 1. The molecule has 1 aromatic carbocycles. The molecular weight excluding hydrogens is 237 g/mol. The molecule has 0 aliphatic carbocycles. The number of aliphatic carboxylic acids is 1. The third-order valence-corrected chi connectivity index (χ3v) is 2.43. The number of carbonyl (C=O) groups is 1. The second-order valence-corrected chi connectivity index (χ2v) is 3.81. The molecule has 0 atom stereocenters. The second kappa shape index (κ2) is 5.35. The van der Waals surface area contributed by atoms with Gasteiger partial charge in [0, 0.05) is 5.69 Å². The Bertz CT molecular complexity index is 525. The van der Waals surface area contributed by atoms with E-state index < -0.39 is 11.8 Å². The van der Waals surface area contributed by atoms with E-state index in [0.29, 0.717) is 11.4 Å². The van der Waals surface area contributed by atoms with E-state index in [9.17, 15) is 9.18 Å². The third-order valence-electron chi connectivity index (χ3n) is 2.43. The lowest BCUT2D eigenvalue weighted by molar-refractivity contribution is -0.135. The van der Waals surface area contributed by atoms with Gasteiger partial charge in [-0.25, -0.2) is 4.39 Å². The predicted molar refractivity (Wildman–Crippen MR) is 63.8 cm³/mol. The average Bonchev–Trinajstić information content (AvgIpc) is 2.80. The maximum absolute atomic E-state index is 13.1. The standard InChI is InChI=1S/C13H12FNO3/c14-10-3-1-4-11(7-10)15(9-13(16)17)8-12-5-2-6-18-12/h1-7H,8-9H2,(H,16,17). The fourth-order valence-electron chi connectivity index (χ4n) is 1.67. The number of anilines is 1. The highest BCUT2D eigenvalue weighted by molar-refractivity contribution is 5.73. The number of carboxylic acid groups (broad SMARTS) is 1. The van der Waals surface area contributed by atoms with Crippen molar-refractivity contribution in [3.8, 4) is 0 Å². The zero-order valence-corrected chi connectivity index (χ0v) is 9.54. The van der Waals surface area contributed by atoms with Gasteiger partial charge in [0.1, 0.15) is 18.1 Å². The molecule has 0 unspecified atom stereocenters. The molecule has 1 heterocycles. The molecule has 2 rings (SSSR count). The van der Waals surface area contributed by atoms with Crippen LogP contribution in [0.3, 0.4) is 0 Å². The van der Waals surface area contributed by atoms with Crippen molar-refractivity contribution in [3.05, 3.63) is 54.2 Å². The van der Waals surface area contributed by atoms with Crippen molar-refractivity contribution in [1.29, 1.82) is 0 Å². The van der Waals surface area contributed by atoms with Gasteiger partial charge in [-0.3, -0.25) is 4.79 Å². The fraction of sp³-hybridized carbons (Fsp3) is 0.154. The van der Waals surface area contributed by atoms with Gasteiger partial charge in [0.2, 0.25) is 0 Å². The van der Waals surface area contributed by atoms with Gasteiger partial charge in [-0.2, -0.15) is 0 Å². The summed E-state index contributed by atoms with van der Waals surface area (Å²) in [6.07, 6.45) is 1.51. The molecule has 1 aromatic heterocycles. The van der Waals surface area contributed by atoms with E-state index in [4.69, 9.17) is 9.52 Å².